The van der Waals surface area contributed by atoms with Crippen molar-refractivity contribution in [2.24, 2.45) is 11.7 Å². The smallest absolute Gasteiger partial charge is 0.241 e. The average molecular weight is 326 g/mol. The molecule has 0 radical (unpaired) electrons. The minimum atomic E-state index is -0.501. The predicted octanol–water partition coefficient (Wildman–Crippen LogP) is 2.83. The lowest BCUT2D eigenvalue weighted by molar-refractivity contribution is -0.118. The first-order valence-electron chi connectivity index (χ1n) is 7.49. The highest BCUT2D eigenvalue weighted by molar-refractivity contribution is 5.97. The molecule has 1 unspecified atom stereocenters. The quantitative estimate of drug-likeness (QED) is 0.752. The molecule has 122 valence electrons. The number of halogens is 1. The van der Waals surface area contributed by atoms with Gasteiger partial charge < -0.3 is 16.4 Å². The number of amides is 2. The van der Waals surface area contributed by atoms with Crippen LogP contribution in [-0.2, 0) is 9.59 Å². The summed E-state index contributed by atoms with van der Waals surface area (Å²) in [4.78, 5) is 23.8. The summed E-state index contributed by atoms with van der Waals surface area (Å²) in [6.07, 6.45) is 3.45. The van der Waals surface area contributed by atoms with E-state index in [1.165, 1.54) is 0 Å². The zero-order valence-corrected chi connectivity index (χ0v) is 13.8. The fraction of sp³-hybridized carbons (Fsp3) is 0.500. The molecule has 1 aliphatic rings. The van der Waals surface area contributed by atoms with Crippen molar-refractivity contribution < 1.29 is 9.59 Å². The fourth-order valence-corrected chi connectivity index (χ4v) is 2.09. The van der Waals surface area contributed by atoms with Gasteiger partial charge in [0.15, 0.2) is 0 Å². The first-order chi connectivity index (χ1) is 10.0. The molecule has 2 amide bonds. The number of anilines is 2. The Morgan fingerprint density at radius 3 is 2.59 bits per heavy atom. The molecule has 0 aliphatic heterocycles. The number of carbonyl (C=O) groups is 2. The lowest BCUT2D eigenvalue weighted by Gasteiger charge is -2.14. The van der Waals surface area contributed by atoms with Crippen LogP contribution in [0.5, 0.6) is 0 Å². The fourth-order valence-electron chi connectivity index (χ4n) is 2.09. The van der Waals surface area contributed by atoms with Gasteiger partial charge in [-0.25, -0.2) is 0 Å². The monoisotopic (exact) mass is 325 g/mol. The van der Waals surface area contributed by atoms with Gasteiger partial charge in [0.25, 0.3) is 0 Å². The van der Waals surface area contributed by atoms with E-state index in [0.717, 1.165) is 24.8 Å². The topological polar surface area (TPSA) is 84.2 Å². The summed E-state index contributed by atoms with van der Waals surface area (Å²) in [6, 6.07) is 5.01. The van der Waals surface area contributed by atoms with Crippen molar-refractivity contribution in [3.05, 3.63) is 23.8 Å². The van der Waals surface area contributed by atoms with E-state index in [-0.39, 0.29) is 30.1 Å². The molecule has 1 atom stereocenters. The SMILES string of the molecule is CCCC(N)C(=O)Nc1cc(NC(=O)C2CC2)ccc1C.Cl. The maximum atomic E-state index is 12.0. The highest BCUT2D eigenvalue weighted by atomic mass is 35.5. The van der Waals surface area contributed by atoms with Crippen LogP contribution < -0.4 is 16.4 Å². The molecule has 1 aliphatic carbocycles. The molecule has 0 spiro atoms. The first-order valence-corrected chi connectivity index (χ1v) is 7.49. The highest BCUT2D eigenvalue weighted by Gasteiger charge is 2.29. The highest BCUT2D eigenvalue weighted by Crippen LogP contribution is 2.30. The molecule has 0 aromatic heterocycles. The number of hydrogen-bond donors (Lipinski definition) is 3. The van der Waals surface area contributed by atoms with E-state index in [4.69, 9.17) is 5.73 Å². The molecular formula is C16H24ClN3O2. The third-order valence-electron chi connectivity index (χ3n) is 3.65. The zero-order chi connectivity index (χ0) is 15.4. The second-order valence-corrected chi connectivity index (χ2v) is 5.68. The normalized spacial score (nSPS) is 14.7. The van der Waals surface area contributed by atoms with Crippen LogP contribution in [-0.4, -0.2) is 17.9 Å². The molecule has 4 N–H and O–H groups in total. The van der Waals surface area contributed by atoms with E-state index < -0.39 is 6.04 Å². The van der Waals surface area contributed by atoms with Crippen molar-refractivity contribution in [2.75, 3.05) is 10.6 Å². The predicted molar refractivity (Wildman–Crippen MR) is 91.3 cm³/mol. The van der Waals surface area contributed by atoms with Crippen LogP contribution in [0.2, 0.25) is 0 Å². The molecular weight excluding hydrogens is 302 g/mol. The van der Waals surface area contributed by atoms with Crippen LogP contribution in [0.1, 0.15) is 38.2 Å². The van der Waals surface area contributed by atoms with Crippen LogP contribution in [0.4, 0.5) is 11.4 Å². The van der Waals surface area contributed by atoms with Crippen molar-refractivity contribution >= 4 is 35.6 Å². The van der Waals surface area contributed by atoms with Gasteiger partial charge >= 0.3 is 0 Å². The molecule has 0 heterocycles. The van der Waals surface area contributed by atoms with Crippen molar-refractivity contribution in [3.63, 3.8) is 0 Å². The molecule has 1 aromatic carbocycles. The zero-order valence-electron chi connectivity index (χ0n) is 13.0. The van der Waals surface area contributed by atoms with E-state index >= 15 is 0 Å². The van der Waals surface area contributed by atoms with Crippen LogP contribution >= 0.6 is 12.4 Å². The molecule has 5 nitrogen and oxygen atoms in total. The maximum Gasteiger partial charge on any atom is 0.241 e. The molecule has 22 heavy (non-hydrogen) atoms. The van der Waals surface area contributed by atoms with E-state index in [0.29, 0.717) is 17.8 Å². The van der Waals surface area contributed by atoms with Crippen molar-refractivity contribution in [1.29, 1.82) is 0 Å². The summed E-state index contributed by atoms with van der Waals surface area (Å²) in [5.74, 6) is 0.0201. The van der Waals surface area contributed by atoms with Gasteiger partial charge in [-0.3, -0.25) is 9.59 Å². The average Bonchev–Trinajstić information content (AvgIpc) is 3.27. The van der Waals surface area contributed by atoms with Crippen molar-refractivity contribution in [2.45, 2.75) is 45.6 Å². The van der Waals surface area contributed by atoms with Gasteiger partial charge in [-0.15, -0.1) is 12.4 Å². The Balaban J connectivity index is 0.00000242. The van der Waals surface area contributed by atoms with Gasteiger partial charge in [-0.2, -0.15) is 0 Å². The van der Waals surface area contributed by atoms with Crippen LogP contribution in [0.15, 0.2) is 18.2 Å². The Kier molecular flexibility index (Phi) is 6.84. The summed E-state index contributed by atoms with van der Waals surface area (Å²) in [5.41, 5.74) is 8.15. The van der Waals surface area contributed by atoms with Gasteiger partial charge in [-0.1, -0.05) is 19.4 Å². The summed E-state index contributed by atoms with van der Waals surface area (Å²) in [5, 5.41) is 5.72. The number of aryl methyl sites for hydroxylation is 1. The standard InChI is InChI=1S/C16H23N3O2.ClH/c1-3-4-13(17)16(21)19-14-9-12(8-5-10(14)2)18-15(20)11-6-7-11;/h5,8-9,11,13H,3-4,6-7,17H2,1-2H3,(H,18,20)(H,19,21);1H. The largest absolute Gasteiger partial charge is 0.326 e. The second kappa shape index (κ2) is 8.15. The van der Waals surface area contributed by atoms with Gasteiger partial charge in [-0.05, 0) is 43.9 Å². The molecule has 1 saturated carbocycles. The molecule has 1 fully saturated rings. The van der Waals surface area contributed by atoms with Crippen LogP contribution in [0, 0.1) is 12.8 Å². The van der Waals surface area contributed by atoms with Crippen LogP contribution in [0.3, 0.4) is 0 Å². The van der Waals surface area contributed by atoms with Gasteiger partial charge in [0.2, 0.25) is 11.8 Å². The van der Waals surface area contributed by atoms with E-state index in [2.05, 4.69) is 10.6 Å². The molecule has 0 bridgehead atoms. The Morgan fingerprint density at radius 1 is 1.32 bits per heavy atom. The van der Waals surface area contributed by atoms with E-state index in [9.17, 15) is 9.59 Å². The minimum Gasteiger partial charge on any atom is -0.326 e. The Hall–Kier alpha value is -1.59. The number of hydrogen-bond acceptors (Lipinski definition) is 3. The molecule has 2 rings (SSSR count). The van der Waals surface area contributed by atoms with Gasteiger partial charge in [0, 0.05) is 17.3 Å². The van der Waals surface area contributed by atoms with Crippen molar-refractivity contribution in [3.8, 4) is 0 Å². The molecule has 1 aromatic rings. The van der Waals surface area contributed by atoms with Crippen LogP contribution in [0.25, 0.3) is 0 Å². The van der Waals surface area contributed by atoms with E-state index in [1.54, 1.807) is 6.07 Å². The first kappa shape index (κ1) is 18.5. The second-order valence-electron chi connectivity index (χ2n) is 5.68. The Labute approximate surface area is 137 Å². The maximum absolute atomic E-state index is 12.0. The number of nitrogens with one attached hydrogen (secondary N) is 2. The van der Waals surface area contributed by atoms with Gasteiger partial charge in [0.1, 0.15) is 0 Å². The summed E-state index contributed by atoms with van der Waals surface area (Å²) in [6.45, 7) is 3.90. The lowest BCUT2D eigenvalue weighted by Crippen LogP contribution is -2.35. The summed E-state index contributed by atoms with van der Waals surface area (Å²) in [7, 11) is 0. The Morgan fingerprint density at radius 2 is 2.00 bits per heavy atom. The number of carbonyl (C=O) groups excluding carboxylic acids is 2. The molecule has 0 saturated heterocycles. The van der Waals surface area contributed by atoms with Gasteiger partial charge in [0.05, 0.1) is 6.04 Å². The Bertz CT molecular complexity index is 544. The summed E-state index contributed by atoms with van der Waals surface area (Å²) < 4.78 is 0. The van der Waals surface area contributed by atoms with E-state index in [1.807, 2.05) is 26.0 Å². The number of nitrogens with two attached hydrogens (primary N) is 1. The van der Waals surface area contributed by atoms with Crippen molar-refractivity contribution in [1.82, 2.24) is 0 Å². The third kappa shape index (κ3) is 5.00. The lowest BCUT2D eigenvalue weighted by atomic mass is 10.1. The number of benzene rings is 1. The third-order valence-corrected chi connectivity index (χ3v) is 3.65. The number of rotatable bonds is 6. The minimum absolute atomic E-state index is 0. The summed E-state index contributed by atoms with van der Waals surface area (Å²) >= 11 is 0. The molecule has 6 heteroatoms.